The van der Waals surface area contributed by atoms with Crippen LogP contribution in [-0.4, -0.2) is 52.4 Å². The summed E-state index contributed by atoms with van der Waals surface area (Å²) >= 11 is 0. The Kier molecular flexibility index (Phi) is 3.92. The largest absolute Gasteiger partial charge is 0.281 e. The van der Waals surface area contributed by atoms with E-state index in [0.29, 0.717) is 26.2 Å². The van der Waals surface area contributed by atoms with E-state index in [1.54, 1.807) is 10.0 Å². The van der Waals surface area contributed by atoms with Crippen molar-refractivity contribution in [2.24, 2.45) is 0 Å². The molecule has 21 heavy (non-hydrogen) atoms. The summed E-state index contributed by atoms with van der Waals surface area (Å²) in [4.78, 5) is 26.9. The molecule has 0 saturated carbocycles. The fraction of sp³-hybridized carbons (Fsp3) is 0.500. The summed E-state index contributed by atoms with van der Waals surface area (Å²) in [5.41, 5.74) is 1.13. The Morgan fingerprint density at radius 3 is 2.57 bits per heavy atom. The molecule has 2 heterocycles. The van der Waals surface area contributed by atoms with Crippen LogP contribution in [-0.2, 0) is 16.1 Å². The first-order valence-corrected chi connectivity index (χ1v) is 7.54. The third-order valence-electron chi connectivity index (χ3n) is 4.18. The van der Waals surface area contributed by atoms with Gasteiger partial charge in [0.05, 0.1) is 19.1 Å². The van der Waals surface area contributed by atoms with Gasteiger partial charge >= 0.3 is 0 Å². The van der Waals surface area contributed by atoms with Crippen molar-refractivity contribution in [1.82, 2.24) is 14.9 Å². The molecule has 0 aliphatic carbocycles. The number of fused-ring (bicyclic) bond motifs is 1. The Labute approximate surface area is 125 Å². The van der Waals surface area contributed by atoms with Gasteiger partial charge in [0, 0.05) is 13.1 Å². The summed E-state index contributed by atoms with van der Waals surface area (Å²) in [6.45, 7) is 3.93. The zero-order valence-corrected chi connectivity index (χ0v) is 12.4. The summed E-state index contributed by atoms with van der Waals surface area (Å²) in [6.07, 6.45) is 1.93. The lowest BCUT2D eigenvalue weighted by molar-refractivity contribution is -0.169. The second kappa shape index (κ2) is 5.85. The Morgan fingerprint density at radius 2 is 1.81 bits per heavy atom. The van der Waals surface area contributed by atoms with Crippen LogP contribution < -0.4 is 0 Å². The lowest BCUT2D eigenvalue weighted by Crippen LogP contribution is -2.56. The smallest absolute Gasteiger partial charge is 0.255 e. The maximum absolute atomic E-state index is 12.5. The molecule has 3 rings (SSSR count). The van der Waals surface area contributed by atoms with Gasteiger partial charge in [0.25, 0.3) is 11.8 Å². The summed E-state index contributed by atoms with van der Waals surface area (Å²) in [7, 11) is 0. The maximum Gasteiger partial charge on any atom is 0.255 e. The van der Waals surface area contributed by atoms with Gasteiger partial charge in [0.1, 0.15) is 0 Å². The second-order valence-corrected chi connectivity index (χ2v) is 5.88. The normalized spacial score (nSPS) is 24.0. The van der Waals surface area contributed by atoms with Crippen molar-refractivity contribution in [2.75, 3.05) is 19.6 Å². The van der Waals surface area contributed by atoms with Gasteiger partial charge in [-0.25, -0.2) is 5.01 Å². The minimum absolute atomic E-state index is 0.0309. The predicted molar refractivity (Wildman–Crippen MR) is 79.0 cm³/mol. The highest BCUT2D eigenvalue weighted by Gasteiger charge is 2.37. The van der Waals surface area contributed by atoms with Crippen molar-refractivity contribution < 1.29 is 9.59 Å². The van der Waals surface area contributed by atoms with Crippen LogP contribution in [0.4, 0.5) is 0 Å². The van der Waals surface area contributed by atoms with Gasteiger partial charge in [0.2, 0.25) is 0 Å². The molecule has 2 aliphatic heterocycles. The zero-order chi connectivity index (χ0) is 14.8. The van der Waals surface area contributed by atoms with E-state index in [9.17, 15) is 9.59 Å². The molecule has 0 bridgehead atoms. The van der Waals surface area contributed by atoms with Crippen LogP contribution in [0.2, 0.25) is 0 Å². The molecule has 0 unspecified atom stereocenters. The molecule has 1 atom stereocenters. The first-order valence-electron chi connectivity index (χ1n) is 7.54. The van der Waals surface area contributed by atoms with E-state index in [2.05, 4.69) is 0 Å². The van der Waals surface area contributed by atoms with Gasteiger partial charge in [-0.3, -0.25) is 19.5 Å². The minimum atomic E-state index is 0.0309. The van der Waals surface area contributed by atoms with E-state index in [0.717, 1.165) is 18.4 Å². The van der Waals surface area contributed by atoms with Gasteiger partial charge < -0.3 is 0 Å². The summed E-state index contributed by atoms with van der Waals surface area (Å²) < 4.78 is 0. The molecule has 2 saturated heterocycles. The van der Waals surface area contributed by atoms with Crippen LogP contribution in [0.3, 0.4) is 0 Å². The third-order valence-corrected chi connectivity index (χ3v) is 4.18. The van der Waals surface area contributed by atoms with E-state index in [-0.39, 0.29) is 17.9 Å². The summed E-state index contributed by atoms with van der Waals surface area (Å²) in [6, 6.07) is 10.1. The molecule has 112 valence electrons. The number of amides is 2. The predicted octanol–water partition coefficient (Wildman–Crippen LogP) is 1.26. The molecular formula is C16H21N3O2. The molecule has 0 N–H and O–H groups in total. The molecule has 1 aromatic carbocycles. The van der Waals surface area contributed by atoms with Crippen molar-refractivity contribution in [3.63, 3.8) is 0 Å². The topological polar surface area (TPSA) is 43.9 Å². The average molecular weight is 287 g/mol. The fourth-order valence-electron chi connectivity index (χ4n) is 3.18. The number of rotatable bonds is 2. The Bertz CT molecular complexity index is 532. The third kappa shape index (κ3) is 2.93. The fourth-order valence-corrected chi connectivity index (χ4v) is 3.18. The number of benzene rings is 1. The van der Waals surface area contributed by atoms with Crippen molar-refractivity contribution in [1.29, 1.82) is 0 Å². The number of carbonyl (C=O) groups excluding carboxylic acids is 2. The van der Waals surface area contributed by atoms with Crippen LogP contribution in [0.5, 0.6) is 0 Å². The van der Waals surface area contributed by atoms with Crippen LogP contribution in [0.1, 0.15) is 25.3 Å². The van der Waals surface area contributed by atoms with Gasteiger partial charge in [-0.2, -0.15) is 0 Å². The molecular weight excluding hydrogens is 266 g/mol. The quantitative estimate of drug-likeness (QED) is 0.822. The Balaban J connectivity index is 1.77. The number of hydrogen-bond donors (Lipinski definition) is 0. The van der Waals surface area contributed by atoms with Crippen LogP contribution in [0, 0.1) is 0 Å². The first kappa shape index (κ1) is 14.1. The van der Waals surface area contributed by atoms with E-state index < -0.39 is 0 Å². The molecule has 2 amide bonds. The number of hydrazine groups is 1. The number of hydrogen-bond acceptors (Lipinski definition) is 3. The van der Waals surface area contributed by atoms with Gasteiger partial charge in [-0.05, 0) is 25.3 Å². The van der Waals surface area contributed by atoms with Crippen LogP contribution >= 0.6 is 0 Å². The monoisotopic (exact) mass is 287 g/mol. The van der Waals surface area contributed by atoms with E-state index in [1.165, 1.54) is 0 Å². The molecule has 2 fully saturated rings. The Hall–Kier alpha value is -1.88. The lowest BCUT2D eigenvalue weighted by Gasteiger charge is -2.41. The minimum Gasteiger partial charge on any atom is -0.281 e. The standard InChI is InChI=1S/C16H21N3O2/c1-13-6-5-9-18-15(20)11-17(12-16(21)19(13)18)10-14-7-3-2-4-8-14/h2-4,7-8,13H,5-6,9-12H2,1H3/t13-/m1/s1. The highest BCUT2D eigenvalue weighted by molar-refractivity contribution is 5.87. The summed E-state index contributed by atoms with van der Waals surface area (Å²) in [5.74, 6) is 0.0623. The maximum atomic E-state index is 12.5. The van der Waals surface area contributed by atoms with Crippen molar-refractivity contribution in [2.45, 2.75) is 32.4 Å². The highest BCUT2D eigenvalue weighted by Crippen LogP contribution is 2.21. The number of carbonyl (C=O) groups is 2. The number of nitrogens with zero attached hydrogens (tertiary/aromatic N) is 3. The second-order valence-electron chi connectivity index (χ2n) is 5.88. The van der Waals surface area contributed by atoms with Crippen LogP contribution in [0.25, 0.3) is 0 Å². The molecule has 5 heteroatoms. The molecule has 2 aliphatic rings. The first-order chi connectivity index (χ1) is 10.1. The van der Waals surface area contributed by atoms with Crippen LogP contribution in [0.15, 0.2) is 30.3 Å². The summed E-state index contributed by atoms with van der Waals surface area (Å²) in [5, 5.41) is 3.33. The van der Waals surface area contributed by atoms with Crippen molar-refractivity contribution >= 4 is 11.8 Å². The zero-order valence-electron chi connectivity index (χ0n) is 12.4. The SMILES string of the molecule is C[C@@H]1CCCN2C(=O)CN(Cc3ccccc3)CC(=O)N12. The molecule has 0 spiro atoms. The van der Waals surface area contributed by atoms with Gasteiger partial charge in [-0.15, -0.1) is 0 Å². The molecule has 0 aromatic heterocycles. The van der Waals surface area contributed by atoms with E-state index in [1.807, 2.05) is 42.2 Å². The lowest BCUT2D eigenvalue weighted by atomic mass is 10.1. The molecule has 0 radical (unpaired) electrons. The average Bonchev–Trinajstić information content (AvgIpc) is 2.58. The van der Waals surface area contributed by atoms with Crippen molar-refractivity contribution in [3.05, 3.63) is 35.9 Å². The molecule has 5 nitrogen and oxygen atoms in total. The van der Waals surface area contributed by atoms with Gasteiger partial charge in [0.15, 0.2) is 0 Å². The van der Waals surface area contributed by atoms with E-state index in [4.69, 9.17) is 0 Å². The van der Waals surface area contributed by atoms with Gasteiger partial charge in [-0.1, -0.05) is 30.3 Å². The highest BCUT2D eigenvalue weighted by atomic mass is 16.2. The Morgan fingerprint density at radius 1 is 1.10 bits per heavy atom. The molecule has 1 aromatic rings. The van der Waals surface area contributed by atoms with Crippen molar-refractivity contribution in [3.8, 4) is 0 Å². The van der Waals surface area contributed by atoms with E-state index >= 15 is 0 Å².